The molecule has 1 spiro atoms. The summed E-state index contributed by atoms with van der Waals surface area (Å²) in [4.78, 5) is 5.24. The Morgan fingerprint density at radius 2 is 0.946 bits per heavy atom. The molecule has 56 heavy (non-hydrogen) atoms. The van der Waals surface area contributed by atoms with Crippen LogP contribution in [0.5, 0.6) is 11.5 Å². The second kappa shape index (κ2) is 13.0. The molecule has 1 N–H and O–H groups in total. The molecule has 0 bridgehead atoms. The van der Waals surface area contributed by atoms with Crippen molar-refractivity contribution in [2.45, 2.75) is 11.5 Å². The van der Waals surface area contributed by atoms with E-state index in [0.29, 0.717) is 0 Å². The Hall–Kier alpha value is -7.23. The smallest absolute Gasteiger partial charge is 0.133 e. The standard InChI is InChI=1S/C53H36N2O/c1-3-14-35(15-4-1)36-26-28-37(29-27-36)48-34-49(55-52(54-48)38-16-5-2-6-17-38)41-19-13-18-39(32-41)40-30-31-45-43(33-40)42-20-7-8-21-44(42)53(45)46-22-9-11-24-50(46)56-51-25-12-10-23-47(51)53/h1-34,48H,(H,54,55). The van der Waals surface area contributed by atoms with E-state index in [1.54, 1.807) is 0 Å². The Kier molecular flexibility index (Phi) is 7.46. The first kappa shape index (κ1) is 32.2. The molecule has 1 aliphatic carbocycles. The molecule has 0 aromatic heterocycles. The van der Waals surface area contributed by atoms with Crippen LogP contribution in [-0.2, 0) is 5.41 Å². The predicted molar refractivity (Wildman–Crippen MR) is 228 cm³/mol. The van der Waals surface area contributed by atoms with Crippen LogP contribution in [0.25, 0.3) is 39.1 Å². The average Bonchev–Trinajstić information content (AvgIpc) is 3.57. The van der Waals surface area contributed by atoms with Gasteiger partial charge in [-0.1, -0.05) is 176 Å². The van der Waals surface area contributed by atoms with Crippen molar-refractivity contribution in [2.75, 3.05) is 0 Å². The van der Waals surface area contributed by atoms with Gasteiger partial charge < -0.3 is 10.1 Å². The first-order valence-electron chi connectivity index (χ1n) is 19.2. The molecule has 264 valence electrons. The van der Waals surface area contributed by atoms with Crippen molar-refractivity contribution in [2.24, 2.45) is 4.99 Å². The van der Waals surface area contributed by atoms with Crippen molar-refractivity contribution in [3.8, 4) is 44.9 Å². The van der Waals surface area contributed by atoms with Gasteiger partial charge in [0.15, 0.2) is 0 Å². The topological polar surface area (TPSA) is 33.6 Å². The summed E-state index contributed by atoms with van der Waals surface area (Å²) in [7, 11) is 0. The van der Waals surface area contributed by atoms with Crippen molar-refractivity contribution < 1.29 is 4.74 Å². The largest absolute Gasteiger partial charge is 0.457 e. The van der Waals surface area contributed by atoms with Crippen LogP contribution in [0.4, 0.5) is 0 Å². The average molecular weight is 717 g/mol. The summed E-state index contributed by atoms with van der Waals surface area (Å²) in [6, 6.07) is 71.5. The molecular formula is C53H36N2O. The highest BCUT2D eigenvalue weighted by Crippen LogP contribution is 2.62. The zero-order valence-electron chi connectivity index (χ0n) is 30.6. The van der Waals surface area contributed by atoms with Gasteiger partial charge in [-0.15, -0.1) is 0 Å². The molecule has 3 aliphatic rings. The lowest BCUT2D eigenvalue weighted by molar-refractivity contribution is 0.436. The summed E-state index contributed by atoms with van der Waals surface area (Å²) in [5, 5.41) is 3.71. The number of nitrogens with one attached hydrogen (secondary N) is 1. The van der Waals surface area contributed by atoms with Gasteiger partial charge in [-0.05, 0) is 86.0 Å². The fourth-order valence-corrected chi connectivity index (χ4v) is 9.03. The van der Waals surface area contributed by atoms with Crippen molar-refractivity contribution in [1.82, 2.24) is 5.32 Å². The molecule has 2 heterocycles. The Morgan fingerprint density at radius 1 is 0.411 bits per heavy atom. The van der Waals surface area contributed by atoms with Gasteiger partial charge in [0.25, 0.3) is 0 Å². The van der Waals surface area contributed by atoms with Gasteiger partial charge in [-0.3, -0.25) is 4.99 Å². The first-order valence-corrected chi connectivity index (χ1v) is 19.2. The number of amidine groups is 1. The highest BCUT2D eigenvalue weighted by molar-refractivity contribution is 6.05. The van der Waals surface area contributed by atoms with E-state index in [-0.39, 0.29) is 6.04 Å². The van der Waals surface area contributed by atoms with Crippen LogP contribution in [-0.4, -0.2) is 5.84 Å². The van der Waals surface area contributed by atoms with Gasteiger partial charge in [0.2, 0.25) is 0 Å². The van der Waals surface area contributed by atoms with E-state index in [9.17, 15) is 0 Å². The van der Waals surface area contributed by atoms with E-state index < -0.39 is 5.41 Å². The molecule has 0 amide bonds. The third-order valence-electron chi connectivity index (χ3n) is 11.6. The molecule has 0 saturated heterocycles. The van der Waals surface area contributed by atoms with E-state index in [1.165, 1.54) is 50.1 Å². The van der Waals surface area contributed by atoms with Crippen LogP contribution in [0.15, 0.2) is 211 Å². The number of aliphatic imine (C=N–C) groups is 1. The Bertz CT molecular complexity index is 2810. The highest BCUT2D eigenvalue weighted by atomic mass is 16.5. The van der Waals surface area contributed by atoms with E-state index in [2.05, 4.69) is 206 Å². The summed E-state index contributed by atoms with van der Waals surface area (Å²) in [5.41, 5.74) is 16.0. The van der Waals surface area contributed by atoms with Gasteiger partial charge in [0.1, 0.15) is 17.3 Å². The fraction of sp³-hybridized carbons (Fsp3) is 0.0377. The van der Waals surface area contributed by atoms with E-state index in [0.717, 1.165) is 45.3 Å². The van der Waals surface area contributed by atoms with Crippen molar-refractivity contribution in [3.05, 3.63) is 245 Å². The molecule has 8 aromatic carbocycles. The monoisotopic (exact) mass is 716 g/mol. The molecule has 1 unspecified atom stereocenters. The van der Waals surface area contributed by atoms with Crippen LogP contribution < -0.4 is 10.1 Å². The van der Waals surface area contributed by atoms with Crippen LogP contribution >= 0.6 is 0 Å². The summed E-state index contributed by atoms with van der Waals surface area (Å²) in [6.45, 7) is 0. The lowest BCUT2D eigenvalue weighted by atomic mass is 9.66. The normalized spacial score (nSPS) is 15.6. The molecule has 0 saturated carbocycles. The van der Waals surface area contributed by atoms with E-state index in [1.807, 2.05) is 6.07 Å². The van der Waals surface area contributed by atoms with E-state index in [4.69, 9.17) is 9.73 Å². The number of ether oxygens (including phenoxy) is 1. The number of benzene rings is 8. The third kappa shape index (κ3) is 5.09. The number of hydrogen-bond donors (Lipinski definition) is 1. The van der Waals surface area contributed by atoms with Gasteiger partial charge in [0.05, 0.1) is 11.5 Å². The summed E-state index contributed by atoms with van der Waals surface area (Å²) >= 11 is 0. The lowest BCUT2D eigenvalue weighted by Crippen LogP contribution is -2.32. The van der Waals surface area contributed by atoms with Gasteiger partial charge in [0, 0.05) is 22.4 Å². The van der Waals surface area contributed by atoms with E-state index >= 15 is 0 Å². The predicted octanol–water partition coefficient (Wildman–Crippen LogP) is 12.6. The maximum absolute atomic E-state index is 6.53. The number of para-hydroxylation sites is 2. The SMILES string of the molecule is C1=C(c2cccc(-c3ccc4c(c3)-c3ccccc3C43c4ccccc4Oc4ccccc43)c2)NC(c2ccccc2)=NC1c1ccc(-c2ccccc2)cc1. The minimum atomic E-state index is -0.476. The third-order valence-corrected chi connectivity index (χ3v) is 11.6. The van der Waals surface area contributed by atoms with Gasteiger partial charge in [-0.25, -0.2) is 0 Å². The zero-order valence-corrected chi connectivity index (χ0v) is 30.6. The minimum Gasteiger partial charge on any atom is -0.457 e. The summed E-state index contributed by atoms with van der Waals surface area (Å²) in [5.74, 6) is 2.67. The summed E-state index contributed by atoms with van der Waals surface area (Å²) < 4.78 is 6.53. The molecule has 2 aliphatic heterocycles. The van der Waals surface area contributed by atoms with Crippen molar-refractivity contribution in [3.63, 3.8) is 0 Å². The van der Waals surface area contributed by atoms with Crippen molar-refractivity contribution in [1.29, 1.82) is 0 Å². The maximum Gasteiger partial charge on any atom is 0.133 e. The second-order valence-electron chi connectivity index (χ2n) is 14.7. The minimum absolute atomic E-state index is 0.146. The van der Waals surface area contributed by atoms with Gasteiger partial charge >= 0.3 is 0 Å². The van der Waals surface area contributed by atoms with Crippen LogP contribution in [0.2, 0.25) is 0 Å². The molecule has 0 radical (unpaired) electrons. The Labute approximate surface area is 327 Å². The maximum atomic E-state index is 6.53. The molecule has 11 rings (SSSR count). The molecule has 8 aromatic rings. The highest BCUT2D eigenvalue weighted by Gasteiger charge is 2.50. The number of nitrogens with zero attached hydrogens (tertiary/aromatic N) is 1. The first-order chi connectivity index (χ1) is 27.7. The molecular weight excluding hydrogens is 681 g/mol. The Balaban J connectivity index is 1.01. The second-order valence-corrected chi connectivity index (χ2v) is 14.7. The van der Waals surface area contributed by atoms with Crippen LogP contribution in [0, 0.1) is 0 Å². The number of rotatable bonds is 5. The Morgan fingerprint density at radius 3 is 1.68 bits per heavy atom. The quantitative estimate of drug-likeness (QED) is 0.192. The fourth-order valence-electron chi connectivity index (χ4n) is 9.03. The molecule has 3 nitrogen and oxygen atoms in total. The molecule has 3 heteroatoms. The van der Waals surface area contributed by atoms with Crippen LogP contribution in [0.1, 0.15) is 45.0 Å². The zero-order chi connectivity index (χ0) is 37.1. The van der Waals surface area contributed by atoms with Gasteiger partial charge in [-0.2, -0.15) is 0 Å². The molecule has 0 fully saturated rings. The van der Waals surface area contributed by atoms with Crippen molar-refractivity contribution >= 4 is 11.5 Å². The molecule has 1 atom stereocenters. The number of hydrogen-bond acceptors (Lipinski definition) is 3. The summed E-state index contributed by atoms with van der Waals surface area (Å²) in [6.07, 6.45) is 2.26. The lowest BCUT2D eigenvalue weighted by Gasteiger charge is -2.39. The number of fused-ring (bicyclic) bond motifs is 9. The van der Waals surface area contributed by atoms with Crippen LogP contribution in [0.3, 0.4) is 0 Å².